The van der Waals surface area contributed by atoms with Gasteiger partial charge in [-0.05, 0) is 50.8 Å². The van der Waals surface area contributed by atoms with Gasteiger partial charge in [0, 0.05) is 17.3 Å². The number of unbranched alkanes of at least 4 members (excludes halogenated alkanes) is 8. The van der Waals surface area contributed by atoms with Crippen molar-refractivity contribution in [1.82, 2.24) is 0 Å². The number of carbonyl (C=O) groups is 1. The molecule has 0 amide bonds. The minimum absolute atomic E-state index is 0.0889. The maximum Gasteiger partial charge on any atom is 0.306 e. The second kappa shape index (κ2) is 13.9. The smallest absolute Gasteiger partial charge is 0.306 e. The van der Waals surface area contributed by atoms with Gasteiger partial charge in [-0.1, -0.05) is 60.9 Å². The van der Waals surface area contributed by atoms with Crippen LogP contribution in [0.2, 0.25) is 0 Å². The summed E-state index contributed by atoms with van der Waals surface area (Å²) in [6, 6.07) is 1.99. The number of esters is 1. The van der Waals surface area contributed by atoms with Crippen molar-refractivity contribution in [2.75, 3.05) is 5.33 Å². The molecule has 0 bridgehead atoms. The van der Waals surface area contributed by atoms with Crippen molar-refractivity contribution < 1.29 is 9.53 Å². The van der Waals surface area contributed by atoms with Crippen molar-refractivity contribution in [2.24, 2.45) is 0 Å². The highest BCUT2D eigenvalue weighted by molar-refractivity contribution is 9.12. The van der Waals surface area contributed by atoms with Crippen molar-refractivity contribution in [1.29, 1.82) is 0 Å². The predicted molar refractivity (Wildman–Crippen MR) is 109 cm³/mol. The highest BCUT2D eigenvalue weighted by Crippen LogP contribution is 2.32. The van der Waals surface area contributed by atoms with Gasteiger partial charge in [0.25, 0.3) is 0 Å². The molecule has 0 aliphatic heterocycles. The van der Waals surface area contributed by atoms with E-state index in [1.54, 1.807) is 11.3 Å². The number of carbonyl (C=O) groups excluding carboxylic acids is 1. The van der Waals surface area contributed by atoms with Gasteiger partial charge in [-0.25, -0.2) is 0 Å². The van der Waals surface area contributed by atoms with Gasteiger partial charge in [0.15, 0.2) is 0 Å². The van der Waals surface area contributed by atoms with Gasteiger partial charge < -0.3 is 4.74 Å². The van der Waals surface area contributed by atoms with Crippen LogP contribution in [0.15, 0.2) is 13.6 Å². The van der Waals surface area contributed by atoms with E-state index in [1.807, 2.05) is 6.07 Å². The molecule has 0 fully saturated rings. The second-order valence-corrected chi connectivity index (χ2v) is 10.2. The SMILES string of the molecule is O=C(CCCCCCCCCCCBr)OCc1cc(Br)sc1Br. The van der Waals surface area contributed by atoms with Crippen molar-refractivity contribution in [2.45, 2.75) is 70.8 Å². The monoisotopic (exact) mass is 530 g/mol. The Morgan fingerprint density at radius 2 is 1.52 bits per heavy atom. The van der Waals surface area contributed by atoms with E-state index in [2.05, 4.69) is 47.8 Å². The lowest BCUT2D eigenvalue weighted by atomic mass is 10.1. The lowest BCUT2D eigenvalue weighted by molar-refractivity contribution is -0.145. The normalized spacial score (nSPS) is 10.9. The zero-order valence-electron chi connectivity index (χ0n) is 13.4. The molecule has 1 aromatic heterocycles. The molecule has 0 spiro atoms. The summed E-state index contributed by atoms with van der Waals surface area (Å²) in [6.45, 7) is 0.357. The summed E-state index contributed by atoms with van der Waals surface area (Å²) < 4.78 is 7.38. The zero-order valence-corrected chi connectivity index (χ0v) is 19.0. The fourth-order valence-corrected chi connectivity index (χ4v) is 5.49. The van der Waals surface area contributed by atoms with Crippen LogP contribution in [0.4, 0.5) is 0 Å². The molecule has 0 atom stereocenters. The average molecular weight is 533 g/mol. The summed E-state index contributed by atoms with van der Waals surface area (Å²) >= 11 is 11.9. The Balaban J connectivity index is 1.93. The van der Waals surface area contributed by atoms with Crippen molar-refractivity contribution >= 4 is 65.1 Å². The van der Waals surface area contributed by atoms with Crippen LogP contribution < -0.4 is 0 Å². The van der Waals surface area contributed by atoms with Gasteiger partial charge >= 0.3 is 5.97 Å². The summed E-state index contributed by atoms with van der Waals surface area (Å²) in [7, 11) is 0. The van der Waals surface area contributed by atoms with E-state index in [1.165, 1.54) is 44.9 Å². The number of hydrogen-bond donors (Lipinski definition) is 0. The van der Waals surface area contributed by atoms with Gasteiger partial charge in [-0.2, -0.15) is 0 Å². The summed E-state index contributed by atoms with van der Waals surface area (Å²) in [5.74, 6) is -0.0889. The highest BCUT2D eigenvalue weighted by atomic mass is 79.9. The van der Waals surface area contributed by atoms with Crippen LogP contribution in [0.1, 0.15) is 69.8 Å². The molecule has 23 heavy (non-hydrogen) atoms. The molecule has 0 radical (unpaired) electrons. The Hall–Kier alpha value is 0.610. The lowest BCUT2D eigenvalue weighted by Gasteiger charge is -2.04. The molecule has 1 heterocycles. The van der Waals surface area contributed by atoms with E-state index < -0.39 is 0 Å². The number of ether oxygens (including phenoxy) is 1. The van der Waals surface area contributed by atoms with Crippen LogP contribution in [0.3, 0.4) is 0 Å². The quantitative estimate of drug-likeness (QED) is 0.148. The third kappa shape index (κ3) is 11.0. The van der Waals surface area contributed by atoms with Crippen molar-refractivity contribution in [3.05, 3.63) is 19.2 Å². The second-order valence-electron chi connectivity index (χ2n) is 5.63. The first-order chi connectivity index (χ1) is 11.1. The Bertz CT molecular complexity index is 449. The molecule has 0 unspecified atom stereocenters. The van der Waals surface area contributed by atoms with Gasteiger partial charge in [0.05, 0.1) is 7.57 Å². The summed E-state index contributed by atoms with van der Waals surface area (Å²) in [5.41, 5.74) is 1.02. The molecule has 0 aliphatic rings. The molecule has 132 valence electrons. The third-order valence-corrected chi connectivity index (χ3v) is 6.65. The van der Waals surface area contributed by atoms with Gasteiger partial charge in [0.2, 0.25) is 0 Å². The predicted octanol–water partition coefficient (Wildman–Crippen LogP) is 7.61. The molecule has 6 heteroatoms. The lowest BCUT2D eigenvalue weighted by Crippen LogP contribution is -2.04. The van der Waals surface area contributed by atoms with Crippen molar-refractivity contribution in [3.63, 3.8) is 0 Å². The molecule has 0 saturated heterocycles. The number of alkyl halides is 1. The van der Waals surface area contributed by atoms with Crippen LogP contribution >= 0.6 is 59.1 Å². The number of hydrogen-bond acceptors (Lipinski definition) is 3. The fourth-order valence-electron chi connectivity index (χ4n) is 2.30. The molecule has 0 saturated carbocycles. The van der Waals surface area contributed by atoms with Crippen LogP contribution in [-0.4, -0.2) is 11.3 Å². The first-order valence-corrected chi connectivity index (χ1v) is 11.8. The first-order valence-electron chi connectivity index (χ1n) is 8.28. The number of rotatable bonds is 13. The average Bonchev–Trinajstić information content (AvgIpc) is 2.85. The Morgan fingerprint density at radius 3 is 2.04 bits per heavy atom. The standard InChI is InChI=1S/C17H25Br3O2S/c18-11-9-7-5-3-1-2-4-6-8-10-16(21)22-13-14-12-15(19)23-17(14)20/h12H,1-11,13H2. The van der Waals surface area contributed by atoms with Crippen molar-refractivity contribution in [3.8, 4) is 0 Å². The maximum absolute atomic E-state index is 11.7. The first kappa shape index (κ1) is 21.7. The van der Waals surface area contributed by atoms with E-state index in [4.69, 9.17) is 4.74 Å². The molecule has 2 nitrogen and oxygen atoms in total. The molecular formula is C17H25Br3O2S. The molecule has 0 aromatic carbocycles. The molecule has 1 aromatic rings. The van der Waals surface area contributed by atoms with Crippen LogP contribution in [0.25, 0.3) is 0 Å². The third-order valence-electron chi connectivity index (χ3n) is 3.63. The fraction of sp³-hybridized carbons (Fsp3) is 0.706. The van der Waals surface area contributed by atoms with Crippen LogP contribution in [0, 0.1) is 0 Å². The van der Waals surface area contributed by atoms with Crippen LogP contribution in [-0.2, 0) is 16.1 Å². The summed E-state index contributed by atoms with van der Waals surface area (Å²) in [5, 5.41) is 1.13. The molecule has 0 aliphatic carbocycles. The Kier molecular flexibility index (Phi) is 13.0. The van der Waals surface area contributed by atoms with E-state index in [-0.39, 0.29) is 5.97 Å². The number of thiophene rings is 1. The van der Waals surface area contributed by atoms with Gasteiger partial charge in [-0.3, -0.25) is 4.79 Å². The largest absolute Gasteiger partial charge is 0.461 e. The molecular weight excluding hydrogens is 508 g/mol. The Morgan fingerprint density at radius 1 is 0.957 bits per heavy atom. The molecule has 0 N–H and O–H groups in total. The Labute approximate surface area is 169 Å². The van der Waals surface area contributed by atoms with E-state index in [0.717, 1.165) is 31.3 Å². The number of halogens is 3. The minimum atomic E-state index is -0.0889. The highest BCUT2D eigenvalue weighted by Gasteiger charge is 2.08. The topological polar surface area (TPSA) is 26.3 Å². The van der Waals surface area contributed by atoms with E-state index in [0.29, 0.717) is 13.0 Å². The van der Waals surface area contributed by atoms with Gasteiger partial charge in [-0.15, -0.1) is 11.3 Å². The van der Waals surface area contributed by atoms with E-state index in [9.17, 15) is 4.79 Å². The molecule has 1 rings (SSSR count). The maximum atomic E-state index is 11.7. The summed E-state index contributed by atoms with van der Waals surface area (Å²) in [4.78, 5) is 11.7. The summed E-state index contributed by atoms with van der Waals surface area (Å²) in [6.07, 6.45) is 11.8. The zero-order chi connectivity index (χ0) is 16.9. The van der Waals surface area contributed by atoms with Crippen LogP contribution in [0.5, 0.6) is 0 Å². The minimum Gasteiger partial charge on any atom is -0.461 e. The van der Waals surface area contributed by atoms with E-state index >= 15 is 0 Å². The van der Waals surface area contributed by atoms with Gasteiger partial charge in [0.1, 0.15) is 6.61 Å².